The fourth-order valence-electron chi connectivity index (χ4n) is 2.76. The van der Waals surface area contributed by atoms with Crippen LogP contribution in [-0.2, 0) is 11.8 Å². The lowest BCUT2D eigenvalue weighted by atomic mass is 10.1. The number of morpholine rings is 1. The van der Waals surface area contributed by atoms with E-state index in [0.717, 1.165) is 36.8 Å². The van der Waals surface area contributed by atoms with Crippen LogP contribution in [0.1, 0.15) is 45.7 Å². The molecule has 2 unspecified atom stereocenters. The normalized spacial score (nSPS) is 24.2. The summed E-state index contributed by atoms with van der Waals surface area (Å²) in [4.78, 5) is 2.36. The van der Waals surface area contributed by atoms with Crippen molar-refractivity contribution in [1.29, 1.82) is 0 Å². The second-order valence-corrected chi connectivity index (χ2v) is 5.76. The summed E-state index contributed by atoms with van der Waals surface area (Å²) in [7, 11) is 1.98. The highest BCUT2D eigenvalue weighted by Crippen LogP contribution is 2.33. The molecule has 0 radical (unpaired) electrons. The molecule has 19 heavy (non-hydrogen) atoms. The first kappa shape index (κ1) is 14.2. The molecule has 2 heterocycles. The molecule has 1 saturated heterocycles. The van der Waals surface area contributed by atoms with Crippen LogP contribution in [0.5, 0.6) is 0 Å². The maximum Gasteiger partial charge on any atom is 0.150 e. The first-order valence-corrected chi connectivity index (χ1v) is 7.16. The maximum atomic E-state index is 6.33. The molecule has 0 bridgehead atoms. The SMILES string of the molecule is CCC1COC(C)CN1c1c(N)c(C(C)C)nn1C. The Morgan fingerprint density at radius 3 is 2.68 bits per heavy atom. The van der Waals surface area contributed by atoms with E-state index in [1.165, 1.54) is 0 Å². The van der Waals surface area contributed by atoms with Gasteiger partial charge in [-0.25, -0.2) is 0 Å². The molecular formula is C14H26N4O. The van der Waals surface area contributed by atoms with E-state index in [0.29, 0.717) is 12.0 Å². The fourth-order valence-corrected chi connectivity index (χ4v) is 2.76. The Morgan fingerprint density at radius 1 is 1.47 bits per heavy atom. The number of aromatic nitrogens is 2. The lowest BCUT2D eigenvalue weighted by Crippen LogP contribution is -2.49. The zero-order valence-electron chi connectivity index (χ0n) is 12.7. The Labute approximate surface area is 115 Å². The van der Waals surface area contributed by atoms with Crippen molar-refractivity contribution in [3.8, 4) is 0 Å². The van der Waals surface area contributed by atoms with Gasteiger partial charge in [0.2, 0.25) is 0 Å². The van der Waals surface area contributed by atoms with Gasteiger partial charge in [0, 0.05) is 13.6 Å². The summed E-state index contributed by atoms with van der Waals surface area (Å²) in [5.41, 5.74) is 8.15. The van der Waals surface area contributed by atoms with Gasteiger partial charge >= 0.3 is 0 Å². The summed E-state index contributed by atoms with van der Waals surface area (Å²) in [5, 5.41) is 4.59. The molecule has 1 fully saturated rings. The van der Waals surface area contributed by atoms with E-state index in [9.17, 15) is 0 Å². The summed E-state index contributed by atoms with van der Waals surface area (Å²) in [6.45, 7) is 10.2. The molecule has 1 aliphatic heterocycles. The highest BCUT2D eigenvalue weighted by atomic mass is 16.5. The molecule has 1 aliphatic rings. The number of rotatable bonds is 3. The van der Waals surface area contributed by atoms with Gasteiger partial charge in [0.1, 0.15) is 0 Å². The number of hydrogen-bond acceptors (Lipinski definition) is 4. The van der Waals surface area contributed by atoms with Gasteiger partial charge in [-0.1, -0.05) is 20.8 Å². The van der Waals surface area contributed by atoms with Gasteiger partial charge in [-0.3, -0.25) is 4.68 Å². The third kappa shape index (κ3) is 2.56. The van der Waals surface area contributed by atoms with Crippen molar-refractivity contribution in [3.63, 3.8) is 0 Å². The molecule has 0 aromatic carbocycles. The van der Waals surface area contributed by atoms with Gasteiger partial charge in [0.25, 0.3) is 0 Å². The van der Waals surface area contributed by atoms with E-state index >= 15 is 0 Å². The lowest BCUT2D eigenvalue weighted by Gasteiger charge is -2.39. The Kier molecular flexibility index (Phi) is 4.04. The molecule has 5 nitrogen and oxygen atoms in total. The zero-order chi connectivity index (χ0) is 14.2. The molecule has 0 amide bonds. The minimum atomic E-state index is 0.236. The average Bonchev–Trinajstić information content (AvgIpc) is 2.65. The second kappa shape index (κ2) is 5.41. The smallest absolute Gasteiger partial charge is 0.150 e. The monoisotopic (exact) mass is 266 g/mol. The molecule has 2 rings (SSSR count). The van der Waals surface area contributed by atoms with Crippen LogP contribution < -0.4 is 10.6 Å². The third-order valence-corrected chi connectivity index (χ3v) is 3.84. The predicted molar refractivity (Wildman–Crippen MR) is 78.5 cm³/mol. The molecule has 0 saturated carbocycles. The van der Waals surface area contributed by atoms with Crippen LogP contribution in [0.15, 0.2) is 0 Å². The molecular weight excluding hydrogens is 240 g/mol. The first-order chi connectivity index (χ1) is 8.95. The zero-order valence-corrected chi connectivity index (χ0v) is 12.7. The quantitative estimate of drug-likeness (QED) is 0.910. The molecule has 0 spiro atoms. The predicted octanol–water partition coefficient (Wildman–Crippen LogP) is 2.13. The van der Waals surface area contributed by atoms with Crippen LogP contribution in [0.2, 0.25) is 0 Å². The van der Waals surface area contributed by atoms with Crippen molar-refractivity contribution in [2.24, 2.45) is 7.05 Å². The minimum absolute atomic E-state index is 0.236. The van der Waals surface area contributed by atoms with Crippen LogP contribution in [0.3, 0.4) is 0 Å². The second-order valence-electron chi connectivity index (χ2n) is 5.76. The first-order valence-electron chi connectivity index (χ1n) is 7.16. The van der Waals surface area contributed by atoms with Crippen LogP contribution in [0.4, 0.5) is 11.5 Å². The van der Waals surface area contributed by atoms with Crippen molar-refractivity contribution >= 4 is 11.5 Å². The summed E-state index contributed by atoms with van der Waals surface area (Å²) < 4.78 is 7.68. The summed E-state index contributed by atoms with van der Waals surface area (Å²) in [6.07, 6.45) is 1.29. The van der Waals surface area contributed by atoms with E-state index < -0.39 is 0 Å². The highest BCUT2D eigenvalue weighted by Gasteiger charge is 2.30. The Morgan fingerprint density at radius 2 is 2.16 bits per heavy atom. The fraction of sp³-hybridized carbons (Fsp3) is 0.786. The van der Waals surface area contributed by atoms with Gasteiger partial charge in [-0.05, 0) is 19.3 Å². The number of hydrogen-bond donors (Lipinski definition) is 1. The largest absolute Gasteiger partial charge is 0.394 e. The molecule has 108 valence electrons. The number of ether oxygens (including phenoxy) is 1. The van der Waals surface area contributed by atoms with Gasteiger partial charge in [0.15, 0.2) is 5.82 Å². The molecule has 1 aromatic heterocycles. The standard InChI is InChI=1S/C14H26N4O/c1-6-11-8-19-10(4)7-18(11)14-12(15)13(9(2)3)16-17(14)5/h9-11H,6-8,15H2,1-5H3. The molecule has 5 heteroatoms. The third-order valence-electron chi connectivity index (χ3n) is 3.84. The van der Waals surface area contributed by atoms with Gasteiger partial charge in [-0.2, -0.15) is 5.10 Å². The highest BCUT2D eigenvalue weighted by molar-refractivity contribution is 5.67. The maximum absolute atomic E-state index is 6.33. The van der Waals surface area contributed by atoms with Gasteiger partial charge in [-0.15, -0.1) is 0 Å². The van der Waals surface area contributed by atoms with E-state index in [-0.39, 0.29) is 6.10 Å². The Balaban J connectivity index is 2.38. The summed E-state index contributed by atoms with van der Waals surface area (Å²) >= 11 is 0. The summed E-state index contributed by atoms with van der Waals surface area (Å²) in [5.74, 6) is 1.39. The van der Waals surface area contributed by atoms with Crippen LogP contribution in [-0.4, -0.2) is 35.1 Å². The number of nitrogens with two attached hydrogens (primary N) is 1. The van der Waals surface area contributed by atoms with Crippen molar-refractivity contribution in [2.75, 3.05) is 23.8 Å². The molecule has 2 N–H and O–H groups in total. The van der Waals surface area contributed by atoms with E-state index in [1.807, 2.05) is 11.7 Å². The van der Waals surface area contributed by atoms with Crippen LogP contribution in [0, 0.1) is 0 Å². The molecule has 0 aliphatic carbocycles. The average molecular weight is 266 g/mol. The van der Waals surface area contributed by atoms with Crippen molar-refractivity contribution in [3.05, 3.63) is 5.69 Å². The Hall–Kier alpha value is -1.23. The number of aryl methyl sites for hydroxylation is 1. The van der Waals surface area contributed by atoms with Crippen LogP contribution >= 0.6 is 0 Å². The number of nitrogens with zero attached hydrogens (tertiary/aromatic N) is 3. The van der Waals surface area contributed by atoms with Gasteiger partial charge in [0.05, 0.1) is 30.1 Å². The van der Waals surface area contributed by atoms with E-state index in [1.54, 1.807) is 0 Å². The van der Waals surface area contributed by atoms with Crippen molar-refractivity contribution in [1.82, 2.24) is 9.78 Å². The van der Waals surface area contributed by atoms with E-state index in [2.05, 4.69) is 37.7 Å². The topological polar surface area (TPSA) is 56.3 Å². The van der Waals surface area contributed by atoms with E-state index in [4.69, 9.17) is 10.5 Å². The Bertz CT molecular complexity index is 441. The number of anilines is 2. The number of nitrogen functional groups attached to an aromatic ring is 1. The molecule has 2 atom stereocenters. The lowest BCUT2D eigenvalue weighted by molar-refractivity contribution is 0.0294. The van der Waals surface area contributed by atoms with Crippen LogP contribution in [0.25, 0.3) is 0 Å². The van der Waals surface area contributed by atoms with Crippen molar-refractivity contribution < 1.29 is 4.74 Å². The van der Waals surface area contributed by atoms with Gasteiger partial charge < -0.3 is 15.4 Å². The summed E-state index contributed by atoms with van der Waals surface area (Å²) in [6, 6.07) is 0.383. The van der Waals surface area contributed by atoms with Crippen molar-refractivity contribution in [2.45, 2.75) is 52.2 Å². The minimum Gasteiger partial charge on any atom is -0.394 e. The molecule has 1 aromatic rings.